The molecule has 5 nitrogen and oxygen atoms in total. The van der Waals surface area contributed by atoms with Crippen LogP contribution in [0.5, 0.6) is 0 Å². The van der Waals surface area contributed by atoms with Crippen LogP contribution in [0.15, 0.2) is 24.3 Å². The smallest absolute Gasteiger partial charge is 0.335 e. The lowest BCUT2D eigenvalue weighted by Gasteiger charge is -2.22. The molecule has 17 heavy (non-hydrogen) atoms. The third-order valence-electron chi connectivity index (χ3n) is 3.06. The summed E-state index contributed by atoms with van der Waals surface area (Å²) in [6, 6.07) is 5.83. The Bertz CT molecular complexity index is 454. The number of likely N-dealkylation sites (tertiary alicyclic amines) is 1. The Labute approximate surface area is 98.3 Å². The molecule has 1 heterocycles. The second kappa shape index (κ2) is 4.18. The van der Waals surface area contributed by atoms with Crippen molar-refractivity contribution in [2.24, 2.45) is 0 Å². The molecular formula is C12H13NO4. The van der Waals surface area contributed by atoms with E-state index in [1.54, 1.807) is 19.2 Å². The van der Waals surface area contributed by atoms with Gasteiger partial charge in [0.25, 0.3) is 0 Å². The van der Waals surface area contributed by atoms with Crippen molar-refractivity contribution in [2.75, 3.05) is 7.05 Å². The maximum absolute atomic E-state index is 11.4. The molecule has 2 unspecified atom stereocenters. The van der Waals surface area contributed by atoms with E-state index in [-0.39, 0.29) is 23.9 Å². The van der Waals surface area contributed by atoms with Crippen LogP contribution in [0, 0.1) is 0 Å². The Morgan fingerprint density at radius 2 is 1.94 bits per heavy atom. The van der Waals surface area contributed by atoms with E-state index in [2.05, 4.69) is 0 Å². The van der Waals surface area contributed by atoms with Crippen LogP contribution >= 0.6 is 0 Å². The number of benzene rings is 1. The van der Waals surface area contributed by atoms with Gasteiger partial charge in [-0.1, -0.05) is 12.1 Å². The Balaban J connectivity index is 2.28. The number of amides is 1. The molecule has 0 spiro atoms. The van der Waals surface area contributed by atoms with E-state index >= 15 is 0 Å². The normalized spacial score (nSPS) is 24.1. The second-order valence-corrected chi connectivity index (χ2v) is 4.15. The third-order valence-corrected chi connectivity index (χ3v) is 3.06. The number of hydrogen-bond acceptors (Lipinski definition) is 3. The van der Waals surface area contributed by atoms with Crippen molar-refractivity contribution < 1.29 is 19.8 Å². The standard InChI is InChI=1S/C12H13NO4/c1-13-10(15)6-9(14)11(13)7-2-4-8(5-3-7)12(16)17/h2-5,9,11,14H,6H2,1H3,(H,16,17). The predicted molar refractivity (Wildman–Crippen MR) is 59.5 cm³/mol. The van der Waals surface area contributed by atoms with Gasteiger partial charge in [-0.25, -0.2) is 4.79 Å². The molecule has 90 valence electrons. The monoisotopic (exact) mass is 235 g/mol. The predicted octanol–water partition coefficient (Wildman–Crippen LogP) is 0.649. The summed E-state index contributed by atoms with van der Waals surface area (Å²) in [7, 11) is 1.63. The number of carboxylic acids is 1. The minimum absolute atomic E-state index is 0.107. The van der Waals surface area contributed by atoms with Gasteiger partial charge in [-0.2, -0.15) is 0 Å². The number of likely N-dealkylation sites (N-methyl/N-ethyl adjacent to an activating group) is 1. The Morgan fingerprint density at radius 3 is 2.35 bits per heavy atom. The molecule has 1 aromatic carbocycles. The topological polar surface area (TPSA) is 77.8 Å². The van der Waals surface area contributed by atoms with Gasteiger partial charge in [-0.05, 0) is 17.7 Å². The molecule has 1 aliphatic heterocycles. The number of nitrogens with zero attached hydrogens (tertiary/aromatic N) is 1. The number of carboxylic acid groups (broad SMARTS) is 1. The molecule has 5 heteroatoms. The van der Waals surface area contributed by atoms with Crippen LogP contribution in [0.4, 0.5) is 0 Å². The SMILES string of the molecule is CN1C(=O)CC(O)C1c1ccc(C(=O)O)cc1. The molecule has 2 atom stereocenters. The van der Waals surface area contributed by atoms with Gasteiger partial charge >= 0.3 is 5.97 Å². The van der Waals surface area contributed by atoms with Gasteiger partial charge in [0.05, 0.1) is 24.1 Å². The molecule has 2 rings (SSSR count). The molecule has 0 bridgehead atoms. The van der Waals surface area contributed by atoms with Crippen LogP contribution in [0.3, 0.4) is 0 Å². The number of rotatable bonds is 2. The molecular weight excluding hydrogens is 222 g/mol. The molecule has 0 aliphatic carbocycles. The van der Waals surface area contributed by atoms with E-state index in [9.17, 15) is 14.7 Å². The molecule has 1 amide bonds. The van der Waals surface area contributed by atoms with E-state index in [1.165, 1.54) is 17.0 Å². The van der Waals surface area contributed by atoms with Crippen LogP contribution < -0.4 is 0 Å². The fourth-order valence-electron chi connectivity index (χ4n) is 2.12. The zero-order valence-corrected chi connectivity index (χ0v) is 9.33. The van der Waals surface area contributed by atoms with Crippen molar-refractivity contribution in [1.82, 2.24) is 4.90 Å². The third kappa shape index (κ3) is 2.01. The number of aliphatic hydroxyl groups is 1. The number of carbonyl (C=O) groups is 2. The number of aromatic carboxylic acids is 1. The molecule has 0 radical (unpaired) electrons. The first-order chi connectivity index (χ1) is 8.00. The lowest BCUT2D eigenvalue weighted by Crippen LogP contribution is -2.25. The summed E-state index contributed by atoms with van der Waals surface area (Å²) >= 11 is 0. The second-order valence-electron chi connectivity index (χ2n) is 4.15. The summed E-state index contributed by atoms with van der Waals surface area (Å²) < 4.78 is 0. The first-order valence-electron chi connectivity index (χ1n) is 5.27. The quantitative estimate of drug-likeness (QED) is 0.789. The molecule has 1 saturated heterocycles. The van der Waals surface area contributed by atoms with E-state index in [0.717, 1.165) is 5.56 Å². The van der Waals surface area contributed by atoms with Gasteiger partial charge < -0.3 is 15.1 Å². The van der Waals surface area contributed by atoms with E-state index in [4.69, 9.17) is 5.11 Å². The van der Waals surface area contributed by atoms with Crippen molar-refractivity contribution in [2.45, 2.75) is 18.6 Å². The summed E-state index contributed by atoms with van der Waals surface area (Å²) in [5.41, 5.74) is 0.936. The highest BCUT2D eigenvalue weighted by molar-refractivity contribution is 5.87. The van der Waals surface area contributed by atoms with Crippen molar-refractivity contribution in [3.63, 3.8) is 0 Å². The molecule has 0 aromatic heterocycles. The minimum atomic E-state index is -0.993. The summed E-state index contributed by atoms with van der Waals surface area (Å²) in [5, 5.41) is 18.6. The number of hydrogen-bond donors (Lipinski definition) is 2. The van der Waals surface area contributed by atoms with Crippen LogP contribution in [0.1, 0.15) is 28.4 Å². The van der Waals surface area contributed by atoms with Crippen LogP contribution in [0.2, 0.25) is 0 Å². The van der Waals surface area contributed by atoms with Crippen molar-refractivity contribution in [1.29, 1.82) is 0 Å². The van der Waals surface area contributed by atoms with Crippen molar-refractivity contribution >= 4 is 11.9 Å². The van der Waals surface area contributed by atoms with Gasteiger partial charge in [0.2, 0.25) is 5.91 Å². The van der Waals surface area contributed by atoms with Gasteiger partial charge in [0.15, 0.2) is 0 Å². The van der Waals surface area contributed by atoms with E-state index in [0.29, 0.717) is 0 Å². The summed E-state index contributed by atoms with van der Waals surface area (Å²) in [6.45, 7) is 0. The highest BCUT2D eigenvalue weighted by Gasteiger charge is 2.37. The molecule has 1 fully saturated rings. The zero-order valence-electron chi connectivity index (χ0n) is 9.33. The van der Waals surface area contributed by atoms with Gasteiger partial charge in [0.1, 0.15) is 0 Å². The fraction of sp³-hybridized carbons (Fsp3) is 0.333. The van der Waals surface area contributed by atoms with Crippen LogP contribution in [-0.2, 0) is 4.79 Å². The van der Waals surface area contributed by atoms with Crippen molar-refractivity contribution in [3.8, 4) is 0 Å². The van der Waals surface area contributed by atoms with Crippen LogP contribution in [0.25, 0.3) is 0 Å². The van der Waals surface area contributed by atoms with E-state index in [1.807, 2.05) is 0 Å². The minimum Gasteiger partial charge on any atom is -0.478 e. The van der Waals surface area contributed by atoms with Crippen molar-refractivity contribution in [3.05, 3.63) is 35.4 Å². The zero-order chi connectivity index (χ0) is 12.6. The maximum Gasteiger partial charge on any atom is 0.335 e. The highest BCUT2D eigenvalue weighted by atomic mass is 16.4. The largest absolute Gasteiger partial charge is 0.478 e. The van der Waals surface area contributed by atoms with E-state index < -0.39 is 12.1 Å². The van der Waals surface area contributed by atoms with Gasteiger partial charge in [0, 0.05) is 7.05 Å². The molecule has 2 N–H and O–H groups in total. The lowest BCUT2D eigenvalue weighted by molar-refractivity contribution is -0.127. The summed E-state index contributed by atoms with van der Waals surface area (Å²) in [4.78, 5) is 23.6. The Morgan fingerprint density at radius 1 is 1.35 bits per heavy atom. The molecule has 1 aromatic rings. The lowest BCUT2D eigenvalue weighted by atomic mass is 10.0. The van der Waals surface area contributed by atoms with Gasteiger partial charge in [-0.3, -0.25) is 4.79 Å². The first kappa shape index (κ1) is 11.6. The fourth-order valence-corrected chi connectivity index (χ4v) is 2.12. The Hall–Kier alpha value is -1.88. The highest BCUT2D eigenvalue weighted by Crippen LogP contribution is 2.31. The summed E-state index contributed by atoms with van der Waals surface area (Å²) in [6.07, 6.45) is -0.620. The Kier molecular flexibility index (Phi) is 2.85. The molecule has 0 saturated carbocycles. The average Bonchev–Trinajstić information content (AvgIpc) is 2.53. The van der Waals surface area contributed by atoms with Crippen LogP contribution in [-0.4, -0.2) is 40.1 Å². The number of aliphatic hydroxyl groups excluding tert-OH is 1. The average molecular weight is 235 g/mol. The molecule has 1 aliphatic rings. The maximum atomic E-state index is 11.4. The van der Waals surface area contributed by atoms with Gasteiger partial charge in [-0.15, -0.1) is 0 Å². The first-order valence-corrected chi connectivity index (χ1v) is 5.27. The number of carbonyl (C=O) groups excluding carboxylic acids is 1. The summed E-state index contributed by atoms with van der Waals surface area (Å²) in [5.74, 6) is -1.10.